The van der Waals surface area contributed by atoms with E-state index in [4.69, 9.17) is 9.47 Å². The van der Waals surface area contributed by atoms with Crippen LogP contribution >= 0.6 is 0 Å². The molecule has 5 heteroatoms. The molecular formula is C19H23NO4. The molecule has 0 saturated carbocycles. The number of benzene rings is 1. The maximum Gasteiger partial charge on any atom is 0.336 e. The molecule has 0 radical (unpaired) electrons. The van der Waals surface area contributed by atoms with Gasteiger partial charge in [0.1, 0.15) is 0 Å². The van der Waals surface area contributed by atoms with Crippen molar-refractivity contribution < 1.29 is 19.1 Å². The maximum atomic E-state index is 12.5. The molecule has 1 aliphatic heterocycles. The first kappa shape index (κ1) is 17.8. The van der Waals surface area contributed by atoms with Crippen LogP contribution in [0.25, 0.3) is 5.70 Å². The van der Waals surface area contributed by atoms with Crippen LogP contribution in [0.4, 0.5) is 0 Å². The van der Waals surface area contributed by atoms with Gasteiger partial charge in [-0.05, 0) is 26.3 Å². The lowest BCUT2D eigenvalue weighted by Crippen LogP contribution is -2.32. The van der Waals surface area contributed by atoms with Crippen LogP contribution in [-0.2, 0) is 19.1 Å². The van der Waals surface area contributed by atoms with E-state index >= 15 is 0 Å². The molecule has 1 atom stereocenters. The molecule has 0 unspecified atom stereocenters. The fourth-order valence-corrected chi connectivity index (χ4v) is 2.87. The molecule has 0 aromatic heterocycles. The molecule has 0 bridgehead atoms. The number of carbonyl (C=O) groups is 2. The summed E-state index contributed by atoms with van der Waals surface area (Å²) in [6, 6.07) is 9.54. The smallest absolute Gasteiger partial charge is 0.336 e. The van der Waals surface area contributed by atoms with E-state index in [1.807, 2.05) is 44.2 Å². The van der Waals surface area contributed by atoms with Crippen LogP contribution in [0.1, 0.15) is 33.3 Å². The summed E-state index contributed by atoms with van der Waals surface area (Å²) < 4.78 is 10.4. The number of rotatable bonds is 5. The fourth-order valence-electron chi connectivity index (χ4n) is 2.87. The fraction of sp³-hybridized carbons (Fsp3) is 0.368. The quantitative estimate of drug-likeness (QED) is 0.841. The molecule has 0 aliphatic carbocycles. The van der Waals surface area contributed by atoms with Gasteiger partial charge in [-0.1, -0.05) is 37.3 Å². The average molecular weight is 329 g/mol. The number of ether oxygens (including phenoxy) is 2. The molecule has 0 amide bonds. The van der Waals surface area contributed by atoms with Crippen LogP contribution in [0.5, 0.6) is 0 Å². The monoisotopic (exact) mass is 329 g/mol. The first-order valence-electron chi connectivity index (χ1n) is 8.12. The standard InChI is InChI=1S/C19H23NO4/c1-5-23-18(21)15-12(3)16(19(22)24-6-2)17(20-13(15)4)14-10-8-7-9-11-14/h7-12,20H,5-6H2,1-4H3/t12-/m0/s1. The molecule has 5 nitrogen and oxygen atoms in total. The van der Waals surface area contributed by atoms with Crippen molar-refractivity contribution in [3.05, 3.63) is 52.7 Å². The molecule has 0 spiro atoms. The minimum Gasteiger partial charge on any atom is -0.463 e. The lowest BCUT2D eigenvalue weighted by molar-refractivity contribution is -0.139. The third-order valence-corrected chi connectivity index (χ3v) is 3.91. The number of esters is 2. The zero-order valence-corrected chi connectivity index (χ0v) is 14.5. The van der Waals surface area contributed by atoms with E-state index < -0.39 is 17.9 Å². The predicted molar refractivity (Wildman–Crippen MR) is 91.6 cm³/mol. The third-order valence-electron chi connectivity index (χ3n) is 3.91. The summed E-state index contributed by atoms with van der Waals surface area (Å²) in [5, 5.41) is 3.20. The van der Waals surface area contributed by atoms with E-state index in [0.717, 1.165) is 5.56 Å². The van der Waals surface area contributed by atoms with Crippen molar-refractivity contribution in [2.24, 2.45) is 5.92 Å². The van der Waals surface area contributed by atoms with Crippen molar-refractivity contribution in [1.29, 1.82) is 0 Å². The van der Waals surface area contributed by atoms with E-state index in [-0.39, 0.29) is 13.2 Å². The Hall–Kier alpha value is -2.56. The minimum absolute atomic E-state index is 0.272. The third kappa shape index (κ3) is 3.50. The van der Waals surface area contributed by atoms with Gasteiger partial charge in [0.25, 0.3) is 0 Å². The van der Waals surface area contributed by atoms with Gasteiger partial charge in [-0.25, -0.2) is 9.59 Å². The Morgan fingerprint density at radius 3 is 2.08 bits per heavy atom. The molecule has 1 aliphatic rings. The highest BCUT2D eigenvalue weighted by molar-refractivity contribution is 6.03. The van der Waals surface area contributed by atoms with Crippen molar-refractivity contribution in [2.45, 2.75) is 27.7 Å². The van der Waals surface area contributed by atoms with Gasteiger partial charge in [-0.3, -0.25) is 0 Å². The van der Waals surface area contributed by atoms with Gasteiger partial charge in [0, 0.05) is 11.6 Å². The van der Waals surface area contributed by atoms with E-state index in [1.54, 1.807) is 13.8 Å². The number of nitrogens with one attached hydrogen (secondary N) is 1. The van der Waals surface area contributed by atoms with Crippen LogP contribution in [0.2, 0.25) is 0 Å². The topological polar surface area (TPSA) is 64.6 Å². The largest absolute Gasteiger partial charge is 0.463 e. The highest BCUT2D eigenvalue weighted by Gasteiger charge is 2.35. The average Bonchev–Trinajstić information content (AvgIpc) is 2.55. The van der Waals surface area contributed by atoms with Gasteiger partial charge < -0.3 is 14.8 Å². The molecule has 1 heterocycles. The summed E-state index contributed by atoms with van der Waals surface area (Å²) in [5.74, 6) is -1.26. The number of dihydropyridines is 1. The zero-order valence-electron chi connectivity index (χ0n) is 14.5. The normalized spacial score (nSPS) is 17.4. The van der Waals surface area contributed by atoms with Crippen molar-refractivity contribution in [3.63, 3.8) is 0 Å². The van der Waals surface area contributed by atoms with E-state index in [9.17, 15) is 9.59 Å². The lowest BCUT2D eigenvalue weighted by Gasteiger charge is -2.29. The molecular weight excluding hydrogens is 306 g/mol. The van der Waals surface area contributed by atoms with E-state index in [1.165, 1.54) is 0 Å². The van der Waals surface area contributed by atoms with Gasteiger partial charge in [-0.15, -0.1) is 0 Å². The number of hydrogen-bond donors (Lipinski definition) is 1. The highest BCUT2D eigenvalue weighted by Crippen LogP contribution is 2.34. The van der Waals surface area contributed by atoms with Crippen LogP contribution in [0.15, 0.2) is 47.2 Å². The predicted octanol–water partition coefficient (Wildman–Crippen LogP) is 3.04. The summed E-state index contributed by atoms with van der Waals surface area (Å²) in [4.78, 5) is 24.8. The second kappa shape index (κ2) is 7.81. The van der Waals surface area contributed by atoms with Crippen molar-refractivity contribution in [1.82, 2.24) is 5.32 Å². The summed E-state index contributed by atoms with van der Waals surface area (Å²) in [5.41, 5.74) is 3.13. The molecule has 128 valence electrons. The van der Waals surface area contributed by atoms with Crippen LogP contribution in [-0.4, -0.2) is 25.2 Å². The van der Waals surface area contributed by atoms with E-state index in [2.05, 4.69) is 5.32 Å². The second-order valence-electron chi connectivity index (χ2n) is 5.48. The maximum absolute atomic E-state index is 12.5. The summed E-state index contributed by atoms with van der Waals surface area (Å²) in [6.45, 7) is 7.71. The SMILES string of the molecule is CCOC(=O)C1=C(C)NC(c2ccccc2)=C(C(=O)OCC)[C@H]1C. The minimum atomic E-state index is -0.425. The second-order valence-corrected chi connectivity index (χ2v) is 5.48. The summed E-state index contributed by atoms with van der Waals surface area (Å²) >= 11 is 0. The van der Waals surface area contributed by atoms with Gasteiger partial charge in [0.15, 0.2) is 0 Å². The molecule has 1 N–H and O–H groups in total. The van der Waals surface area contributed by atoms with Gasteiger partial charge in [0.2, 0.25) is 0 Å². The van der Waals surface area contributed by atoms with E-state index in [0.29, 0.717) is 22.5 Å². The zero-order chi connectivity index (χ0) is 17.7. The molecule has 0 saturated heterocycles. The Labute approximate surface area is 142 Å². The van der Waals surface area contributed by atoms with Crippen LogP contribution in [0.3, 0.4) is 0 Å². The van der Waals surface area contributed by atoms with Crippen LogP contribution < -0.4 is 5.32 Å². The lowest BCUT2D eigenvalue weighted by atomic mass is 9.85. The number of hydrogen-bond acceptors (Lipinski definition) is 5. The van der Waals surface area contributed by atoms with Gasteiger partial charge in [0.05, 0.1) is 30.1 Å². The Bertz CT molecular complexity index is 689. The molecule has 24 heavy (non-hydrogen) atoms. The number of allylic oxidation sites excluding steroid dienone is 1. The van der Waals surface area contributed by atoms with Crippen molar-refractivity contribution >= 4 is 17.6 Å². The Kier molecular flexibility index (Phi) is 5.79. The Balaban J connectivity index is 2.53. The summed E-state index contributed by atoms with van der Waals surface area (Å²) in [6.07, 6.45) is 0. The molecule has 1 aromatic carbocycles. The molecule has 0 fully saturated rings. The van der Waals surface area contributed by atoms with Gasteiger partial charge >= 0.3 is 11.9 Å². The van der Waals surface area contributed by atoms with Crippen LogP contribution in [0, 0.1) is 5.92 Å². The first-order chi connectivity index (χ1) is 11.5. The Morgan fingerprint density at radius 1 is 1.00 bits per heavy atom. The van der Waals surface area contributed by atoms with Crippen molar-refractivity contribution in [3.8, 4) is 0 Å². The highest BCUT2D eigenvalue weighted by atomic mass is 16.5. The molecule has 2 rings (SSSR count). The number of carbonyl (C=O) groups excluding carboxylic acids is 2. The molecule has 1 aromatic rings. The van der Waals surface area contributed by atoms with Crippen molar-refractivity contribution in [2.75, 3.05) is 13.2 Å². The van der Waals surface area contributed by atoms with Gasteiger partial charge in [-0.2, -0.15) is 0 Å². The summed E-state index contributed by atoms with van der Waals surface area (Å²) in [7, 11) is 0. The Morgan fingerprint density at radius 2 is 1.54 bits per heavy atom. The first-order valence-corrected chi connectivity index (χ1v) is 8.12.